The summed E-state index contributed by atoms with van der Waals surface area (Å²) in [5, 5.41) is 3.66. The molecule has 1 N–H and O–H groups in total. The van der Waals surface area contributed by atoms with Crippen LogP contribution in [0, 0.1) is 11.7 Å². The Balaban J connectivity index is 1.79. The largest absolute Gasteiger partial charge is 0.364 e. The fraction of sp³-hybridized carbons (Fsp3) is 0.625. The lowest BCUT2D eigenvalue weighted by molar-refractivity contribution is -0.143. The monoisotopic (exact) mass is 297 g/mol. The van der Waals surface area contributed by atoms with Gasteiger partial charge in [-0.3, -0.25) is 0 Å². The standard InChI is InChI=1S/C16H21ClFNO/c1-11-3-2-6-16(8-11)10-19-9-15(20-16)12-4-5-14(18)13(17)7-12/h4-5,7,11,15,19H,2-3,6,8-10H2,1H3. The van der Waals surface area contributed by atoms with Crippen molar-refractivity contribution in [2.24, 2.45) is 5.92 Å². The molecule has 0 aromatic heterocycles. The Hall–Kier alpha value is -0.640. The molecular formula is C16H21ClFNO. The van der Waals surface area contributed by atoms with Crippen molar-refractivity contribution in [3.05, 3.63) is 34.6 Å². The van der Waals surface area contributed by atoms with Crippen LogP contribution in [-0.2, 0) is 4.74 Å². The van der Waals surface area contributed by atoms with Crippen LogP contribution >= 0.6 is 11.6 Å². The van der Waals surface area contributed by atoms with E-state index in [2.05, 4.69) is 12.2 Å². The number of benzene rings is 1. The number of nitrogens with one attached hydrogen (secondary N) is 1. The third-order valence-electron chi connectivity index (χ3n) is 4.53. The molecule has 1 heterocycles. The second-order valence-electron chi connectivity index (χ2n) is 6.30. The Bertz CT molecular complexity index is 491. The molecule has 1 aromatic rings. The van der Waals surface area contributed by atoms with Gasteiger partial charge in [0.1, 0.15) is 5.82 Å². The van der Waals surface area contributed by atoms with Crippen molar-refractivity contribution in [2.45, 2.75) is 44.3 Å². The lowest BCUT2D eigenvalue weighted by Gasteiger charge is -2.46. The third kappa shape index (κ3) is 2.85. The molecule has 1 aliphatic carbocycles. The van der Waals surface area contributed by atoms with E-state index in [0.29, 0.717) is 5.92 Å². The van der Waals surface area contributed by atoms with E-state index in [0.717, 1.165) is 31.5 Å². The number of hydrogen-bond donors (Lipinski definition) is 1. The quantitative estimate of drug-likeness (QED) is 0.843. The molecule has 3 atom stereocenters. The van der Waals surface area contributed by atoms with E-state index in [1.54, 1.807) is 12.1 Å². The first-order valence-electron chi connectivity index (χ1n) is 7.41. The minimum atomic E-state index is -0.375. The summed E-state index contributed by atoms with van der Waals surface area (Å²) in [6.07, 6.45) is 4.69. The van der Waals surface area contributed by atoms with Gasteiger partial charge in [-0.2, -0.15) is 0 Å². The molecule has 0 bridgehead atoms. The molecule has 2 nitrogen and oxygen atoms in total. The summed E-state index contributed by atoms with van der Waals surface area (Å²) in [6.45, 7) is 3.98. The van der Waals surface area contributed by atoms with Gasteiger partial charge in [0.15, 0.2) is 0 Å². The number of rotatable bonds is 1. The molecule has 2 fully saturated rings. The molecule has 1 saturated heterocycles. The topological polar surface area (TPSA) is 21.3 Å². The zero-order valence-corrected chi connectivity index (χ0v) is 12.5. The summed E-state index contributed by atoms with van der Waals surface area (Å²) < 4.78 is 19.7. The number of ether oxygens (including phenoxy) is 1. The highest BCUT2D eigenvalue weighted by atomic mass is 35.5. The Kier molecular flexibility index (Phi) is 4.02. The van der Waals surface area contributed by atoms with E-state index in [9.17, 15) is 4.39 Å². The number of hydrogen-bond acceptors (Lipinski definition) is 2. The molecule has 1 aromatic carbocycles. The van der Waals surface area contributed by atoms with Gasteiger partial charge in [-0.25, -0.2) is 4.39 Å². The molecule has 0 amide bonds. The fourth-order valence-corrected chi connectivity index (χ4v) is 3.78. The van der Waals surface area contributed by atoms with Crippen molar-refractivity contribution < 1.29 is 9.13 Å². The average molecular weight is 298 g/mol. The Morgan fingerprint density at radius 2 is 2.30 bits per heavy atom. The second-order valence-corrected chi connectivity index (χ2v) is 6.70. The summed E-state index contributed by atoms with van der Waals surface area (Å²) in [7, 11) is 0. The number of halogens is 2. The first-order chi connectivity index (χ1) is 9.58. The van der Waals surface area contributed by atoms with Gasteiger partial charge in [-0.1, -0.05) is 37.4 Å². The van der Waals surface area contributed by atoms with Crippen LogP contribution in [0.5, 0.6) is 0 Å². The molecule has 110 valence electrons. The van der Waals surface area contributed by atoms with Gasteiger partial charge in [0.05, 0.1) is 16.7 Å². The van der Waals surface area contributed by atoms with E-state index >= 15 is 0 Å². The van der Waals surface area contributed by atoms with E-state index in [-0.39, 0.29) is 22.5 Å². The molecule has 1 aliphatic heterocycles. The van der Waals surface area contributed by atoms with Crippen molar-refractivity contribution in [3.8, 4) is 0 Å². The van der Waals surface area contributed by atoms with Gasteiger partial charge in [-0.05, 0) is 36.5 Å². The minimum absolute atomic E-state index is 0.0350. The van der Waals surface area contributed by atoms with Gasteiger partial charge in [-0.15, -0.1) is 0 Å². The van der Waals surface area contributed by atoms with Gasteiger partial charge in [0.2, 0.25) is 0 Å². The smallest absolute Gasteiger partial charge is 0.141 e. The van der Waals surface area contributed by atoms with Gasteiger partial charge >= 0.3 is 0 Å². The summed E-state index contributed by atoms with van der Waals surface area (Å²) in [5.74, 6) is 0.335. The molecule has 1 spiro atoms. The van der Waals surface area contributed by atoms with Gasteiger partial charge in [0.25, 0.3) is 0 Å². The first kappa shape index (κ1) is 14.3. The second kappa shape index (κ2) is 5.63. The molecule has 20 heavy (non-hydrogen) atoms. The average Bonchev–Trinajstić information content (AvgIpc) is 2.42. The van der Waals surface area contributed by atoms with Crippen LogP contribution in [0.15, 0.2) is 18.2 Å². The van der Waals surface area contributed by atoms with Crippen LogP contribution in [0.3, 0.4) is 0 Å². The summed E-state index contributed by atoms with van der Waals surface area (Å²) in [5.41, 5.74) is 0.905. The van der Waals surface area contributed by atoms with Crippen LogP contribution < -0.4 is 5.32 Å². The SMILES string of the molecule is CC1CCCC2(CNCC(c3ccc(F)c(Cl)c3)O2)C1. The first-order valence-corrected chi connectivity index (χ1v) is 7.79. The highest BCUT2D eigenvalue weighted by molar-refractivity contribution is 6.30. The lowest BCUT2D eigenvalue weighted by atomic mass is 9.77. The fourth-order valence-electron chi connectivity index (χ4n) is 3.59. The van der Waals surface area contributed by atoms with Gasteiger partial charge < -0.3 is 10.1 Å². The van der Waals surface area contributed by atoms with E-state index in [1.165, 1.54) is 18.9 Å². The normalized spacial score (nSPS) is 34.4. The molecule has 1 saturated carbocycles. The van der Waals surface area contributed by atoms with Crippen molar-refractivity contribution in [3.63, 3.8) is 0 Å². The molecule has 3 rings (SSSR count). The molecule has 3 unspecified atom stereocenters. The zero-order valence-electron chi connectivity index (χ0n) is 11.8. The highest BCUT2D eigenvalue weighted by Crippen LogP contribution is 2.40. The summed E-state index contributed by atoms with van der Waals surface area (Å²) in [4.78, 5) is 0. The van der Waals surface area contributed by atoms with Crippen LogP contribution in [-0.4, -0.2) is 18.7 Å². The Morgan fingerprint density at radius 3 is 3.05 bits per heavy atom. The summed E-state index contributed by atoms with van der Waals surface area (Å²) in [6, 6.07) is 4.89. The predicted octanol–water partition coefficient (Wildman–Crippen LogP) is 4.09. The number of morpholine rings is 1. The van der Waals surface area contributed by atoms with Crippen molar-refractivity contribution in [2.75, 3.05) is 13.1 Å². The van der Waals surface area contributed by atoms with Crippen LogP contribution in [0.25, 0.3) is 0 Å². The van der Waals surface area contributed by atoms with E-state index in [1.807, 2.05) is 0 Å². The minimum Gasteiger partial charge on any atom is -0.364 e. The Morgan fingerprint density at radius 1 is 1.45 bits per heavy atom. The maximum atomic E-state index is 13.3. The highest BCUT2D eigenvalue weighted by Gasteiger charge is 2.40. The molecule has 2 aliphatic rings. The molecule has 0 radical (unpaired) electrons. The van der Waals surface area contributed by atoms with Gasteiger partial charge in [0, 0.05) is 13.1 Å². The third-order valence-corrected chi connectivity index (χ3v) is 4.82. The Labute approximate surface area is 124 Å². The summed E-state index contributed by atoms with van der Waals surface area (Å²) >= 11 is 5.88. The van der Waals surface area contributed by atoms with Crippen molar-refractivity contribution >= 4 is 11.6 Å². The predicted molar refractivity (Wildman–Crippen MR) is 78.5 cm³/mol. The van der Waals surface area contributed by atoms with Crippen molar-refractivity contribution in [1.29, 1.82) is 0 Å². The van der Waals surface area contributed by atoms with Crippen LogP contribution in [0.1, 0.15) is 44.3 Å². The van der Waals surface area contributed by atoms with E-state index < -0.39 is 0 Å². The van der Waals surface area contributed by atoms with Crippen LogP contribution in [0.2, 0.25) is 5.02 Å². The maximum Gasteiger partial charge on any atom is 0.141 e. The van der Waals surface area contributed by atoms with E-state index in [4.69, 9.17) is 16.3 Å². The van der Waals surface area contributed by atoms with Crippen LogP contribution in [0.4, 0.5) is 4.39 Å². The van der Waals surface area contributed by atoms with Crippen molar-refractivity contribution in [1.82, 2.24) is 5.32 Å². The molecule has 4 heteroatoms. The lowest BCUT2D eigenvalue weighted by Crippen LogP contribution is -2.52. The molecular weight excluding hydrogens is 277 g/mol. The maximum absolute atomic E-state index is 13.3. The zero-order chi connectivity index (χ0) is 14.2.